The van der Waals surface area contributed by atoms with Crippen LogP contribution in [0.3, 0.4) is 0 Å². The summed E-state index contributed by atoms with van der Waals surface area (Å²) >= 11 is 0. The summed E-state index contributed by atoms with van der Waals surface area (Å²) < 4.78 is 38.6. The second kappa shape index (κ2) is 6.73. The van der Waals surface area contributed by atoms with Gasteiger partial charge in [-0.2, -0.15) is 13.2 Å². The lowest BCUT2D eigenvalue weighted by Gasteiger charge is -2.08. The highest BCUT2D eigenvalue weighted by Crippen LogP contribution is 2.31. The standard InChI is InChI=1S/C19H13F3N2O/c20-19(21,22)16-9-3-1-6-13(16)7-5-11-23-18(25)15-12-24-17-10-4-2-8-14(15)17/h1-4,6,8-10,12,24H,11H2,(H,23,25). The molecule has 2 N–H and O–H groups in total. The van der Waals surface area contributed by atoms with Crippen molar-refractivity contribution in [3.05, 3.63) is 71.4 Å². The van der Waals surface area contributed by atoms with Crippen molar-refractivity contribution in [2.45, 2.75) is 6.18 Å². The molecular weight excluding hydrogens is 329 g/mol. The van der Waals surface area contributed by atoms with Crippen LogP contribution in [0.5, 0.6) is 0 Å². The summed E-state index contributed by atoms with van der Waals surface area (Å²) in [6.45, 7) is -0.0511. The normalized spacial score (nSPS) is 11.0. The lowest BCUT2D eigenvalue weighted by Crippen LogP contribution is -2.23. The van der Waals surface area contributed by atoms with Crippen molar-refractivity contribution in [1.29, 1.82) is 0 Å². The number of H-pyrrole nitrogens is 1. The van der Waals surface area contributed by atoms with E-state index in [-0.39, 0.29) is 18.0 Å². The monoisotopic (exact) mass is 342 g/mol. The van der Waals surface area contributed by atoms with E-state index in [0.717, 1.165) is 17.0 Å². The lowest BCUT2D eigenvalue weighted by atomic mass is 10.1. The van der Waals surface area contributed by atoms with E-state index in [4.69, 9.17) is 0 Å². The number of rotatable bonds is 2. The SMILES string of the molecule is O=C(NCC#Cc1ccccc1C(F)(F)F)c1c[nH]c2ccccc12. The number of aromatic nitrogens is 1. The molecular formula is C19H13F3N2O. The van der Waals surface area contributed by atoms with Crippen LogP contribution in [-0.2, 0) is 6.18 Å². The fourth-order valence-corrected chi connectivity index (χ4v) is 2.46. The Bertz CT molecular complexity index is 977. The molecule has 0 saturated carbocycles. The Morgan fingerprint density at radius 3 is 2.60 bits per heavy atom. The van der Waals surface area contributed by atoms with Crippen LogP contribution in [0.2, 0.25) is 0 Å². The Kier molecular flexibility index (Phi) is 4.48. The summed E-state index contributed by atoms with van der Waals surface area (Å²) in [6, 6.07) is 12.4. The Hall–Kier alpha value is -3.20. The summed E-state index contributed by atoms with van der Waals surface area (Å²) in [5.74, 6) is 4.69. The molecule has 0 aliphatic heterocycles. The summed E-state index contributed by atoms with van der Waals surface area (Å²) in [4.78, 5) is 15.2. The number of benzene rings is 2. The van der Waals surface area contributed by atoms with Gasteiger partial charge in [-0.05, 0) is 18.2 Å². The molecule has 3 nitrogen and oxygen atoms in total. The number of para-hydroxylation sites is 1. The van der Waals surface area contributed by atoms with E-state index in [1.54, 1.807) is 6.20 Å². The molecule has 0 aliphatic rings. The first kappa shape index (κ1) is 16.7. The van der Waals surface area contributed by atoms with Crippen molar-refractivity contribution in [3.63, 3.8) is 0 Å². The molecule has 0 spiro atoms. The fourth-order valence-electron chi connectivity index (χ4n) is 2.46. The van der Waals surface area contributed by atoms with Crippen LogP contribution in [-0.4, -0.2) is 17.4 Å². The van der Waals surface area contributed by atoms with Gasteiger partial charge in [-0.15, -0.1) is 0 Å². The van der Waals surface area contributed by atoms with Gasteiger partial charge in [0, 0.05) is 22.7 Å². The van der Waals surface area contributed by atoms with Crippen LogP contribution >= 0.6 is 0 Å². The Morgan fingerprint density at radius 2 is 1.80 bits per heavy atom. The van der Waals surface area contributed by atoms with Crippen molar-refractivity contribution in [2.75, 3.05) is 6.54 Å². The number of aromatic amines is 1. The molecule has 3 rings (SSSR count). The number of carbonyl (C=O) groups excluding carboxylic acids is 1. The summed E-state index contributed by atoms with van der Waals surface area (Å²) in [5.41, 5.74) is 0.396. The average Bonchev–Trinajstić information content (AvgIpc) is 3.02. The first-order chi connectivity index (χ1) is 12.0. The third-order valence-electron chi connectivity index (χ3n) is 3.63. The number of amides is 1. The van der Waals surface area contributed by atoms with Crippen molar-refractivity contribution >= 4 is 16.8 Å². The molecule has 0 bridgehead atoms. The smallest absolute Gasteiger partial charge is 0.360 e. The molecule has 25 heavy (non-hydrogen) atoms. The fraction of sp³-hybridized carbons (Fsp3) is 0.105. The van der Waals surface area contributed by atoms with E-state index in [2.05, 4.69) is 22.1 Å². The maximum absolute atomic E-state index is 12.9. The first-order valence-electron chi connectivity index (χ1n) is 7.46. The van der Waals surface area contributed by atoms with Crippen molar-refractivity contribution in [1.82, 2.24) is 10.3 Å². The van der Waals surface area contributed by atoms with Crippen LogP contribution < -0.4 is 5.32 Å². The maximum atomic E-state index is 12.9. The van der Waals surface area contributed by atoms with E-state index < -0.39 is 11.7 Å². The molecule has 6 heteroatoms. The van der Waals surface area contributed by atoms with Gasteiger partial charge in [0.15, 0.2) is 0 Å². The van der Waals surface area contributed by atoms with E-state index in [1.165, 1.54) is 18.2 Å². The second-order valence-electron chi connectivity index (χ2n) is 5.28. The molecule has 0 radical (unpaired) electrons. The molecule has 0 atom stereocenters. The predicted molar refractivity (Wildman–Crippen MR) is 89.0 cm³/mol. The van der Waals surface area contributed by atoms with Gasteiger partial charge >= 0.3 is 6.18 Å². The van der Waals surface area contributed by atoms with Gasteiger partial charge in [0.2, 0.25) is 0 Å². The molecule has 0 saturated heterocycles. The third-order valence-corrected chi connectivity index (χ3v) is 3.63. The molecule has 1 amide bonds. The van der Waals surface area contributed by atoms with Gasteiger partial charge in [0.1, 0.15) is 0 Å². The molecule has 1 heterocycles. The number of carbonyl (C=O) groups is 1. The highest BCUT2D eigenvalue weighted by atomic mass is 19.4. The quantitative estimate of drug-likeness (QED) is 0.680. The summed E-state index contributed by atoms with van der Waals surface area (Å²) in [6.07, 6.45) is -2.87. The minimum absolute atomic E-state index is 0.0511. The Labute approximate surface area is 141 Å². The minimum Gasteiger partial charge on any atom is -0.360 e. The largest absolute Gasteiger partial charge is 0.417 e. The second-order valence-corrected chi connectivity index (χ2v) is 5.28. The molecule has 1 aromatic heterocycles. The van der Waals surface area contributed by atoms with Crippen LogP contribution in [0.1, 0.15) is 21.5 Å². The number of alkyl halides is 3. The number of nitrogens with one attached hydrogen (secondary N) is 2. The number of hydrogen-bond acceptors (Lipinski definition) is 1. The molecule has 0 fully saturated rings. The molecule has 126 valence electrons. The average molecular weight is 342 g/mol. The van der Waals surface area contributed by atoms with Crippen LogP contribution in [0.25, 0.3) is 10.9 Å². The topological polar surface area (TPSA) is 44.9 Å². The van der Waals surface area contributed by atoms with E-state index in [1.807, 2.05) is 24.3 Å². The first-order valence-corrected chi connectivity index (χ1v) is 7.46. The Morgan fingerprint density at radius 1 is 1.08 bits per heavy atom. The molecule has 3 aromatic rings. The van der Waals surface area contributed by atoms with Crippen molar-refractivity contribution in [3.8, 4) is 11.8 Å². The van der Waals surface area contributed by atoms with Crippen LogP contribution in [0, 0.1) is 11.8 Å². The zero-order valence-electron chi connectivity index (χ0n) is 12.9. The van der Waals surface area contributed by atoms with Crippen molar-refractivity contribution in [2.24, 2.45) is 0 Å². The van der Waals surface area contributed by atoms with Gasteiger partial charge < -0.3 is 10.3 Å². The van der Waals surface area contributed by atoms with Gasteiger partial charge in [-0.3, -0.25) is 4.79 Å². The third kappa shape index (κ3) is 3.66. The highest BCUT2D eigenvalue weighted by molar-refractivity contribution is 6.06. The summed E-state index contributed by atoms with van der Waals surface area (Å²) in [7, 11) is 0. The van der Waals surface area contributed by atoms with E-state index in [0.29, 0.717) is 5.56 Å². The lowest BCUT2D eigenvalue weighted by molar-refractivity contribution is -0.137. The molecule has 0 unspecified atom stereocenters. The van der Waals surface area contributed by atoms with Crippen LogP contribution in [0.15, 0.2) is 54.7 Å². The molecule has 0 aliphatic carbocycles. The van der Waals surface area contributed by atoms with E-state index in [9.17, 15) is 18.0 Å². The van der Waals surface area contributed by atoms with Gasteiger partial charge in [0.25, 0.3) is 5.91 Å². The maximum Gasteiger partial charge on any atom is 0.417 e. The predicted octanol–water partition coefficient (Wildman–Crippen LogP) is 3.97. The van der Waals surface area contributed by atoms with Gasteiger partial charge in [-0.1, -0.05) is 42.2 Å². The zero-order valence-corrected chi connectivity index (χ0v) is 12.9. The highest BCUT2D eigenvalue weighted by Gasteiger charge is 2.32. The van der Waals surface area contributed by atoms with E-state index >= 15 is 0 Å². The zero-order chi connectivity index (χ0) is 17.9. The van der Waals surface area contributed by atoms with Gasteiger partial charge in [0.05, 0.1) is 17.7 Å². The number of fused-ring (bicyclic) bond motifs is 1. The summed E-state index contributed by atoms with van der Waals surface area (Å²) in [5, 5.41) is 3.37. The number of hydrogen-bond donors (Lipinski definition) is 2. The minimum atomic E-state index is -4.46. The van der Waals surface area contributed by atoms with Gasteiger partial charge in [-0.25, -0.2) is 0 Å². The van der Waals surface area contributed by atoms with Crippen LogP contribution in [0.4, 0.5) is 13.2 Å². The van der Waals surface area contributed by atoms with Crippen molar-refractivity contribution < 1.29 is 18.0 Å². The Balaban J connectivity index is 1.70. The molecule has 2 aromatic carbocycles. The number of halogens is 3.